The average molecular weight is 497 g/mol. The molecule has 31 heavy (non-hydrogen) atoms. The van der Waals surface area contributed by atoms with Gasteiger partial charge in [-0.3, -0.25) is 0 Å². The standard InChI is InChI=1S/C15H30B2N.C11H15.CH3.Y/c1-9-10(2)12(4)16(7)15(14(6)18)17(8)13(5)11(9)3;1-7-6-8(2)10(4)11(5)9(7)3;;/h9-13,15H,1-8H3;1-5H3;1H3;/q3*-1;+3. The van der Waals surface area contributed by atoms with Crippen LogP contribution < -0.4 is 0 Å². The first-order chi connectivity index (χ1) is 13.2. The molecule has 1 fully saturated rings. The molecule has 0 radical (unpaired) electrons. The van der Waals surface area contributed by atoms with E-state index in [1.54, 1.807) is 0 Å². The van der Waals surface area contributed by atoms with Crippen molar-refractivity contribution < 1.29 is 32.7 Å². The number of hydrogen-bond acceptors (Lipinski definition) is 0. The van der Waals surface area contributed by atoms with Crippen LogP contribution in [0, 0.1) is 65.9 Å². The molecule has 4 atom stereocenters. The van der Waals surface area contributed by atoms with Gasteiger partial charge in [0.2, 0.25) is 0 Å². The quantitative estimate of drug-likeness (QED) is 0.212. The molecule has 1 heterocycles. The zero-order valence-corrected chi connectivity index (χ0v) is 26.0. The van der Waals surface area contributed by atoms with E-state index in [0.29, 0.717) is 36.5 Å². The summed E-state index contributed by atoms with van der Waals surface area (Å²) in [5, 5.41) is 10.1. The molecule has 1 aliphatic rings. The molecule has 4 heteroatoms. The summed E-state index contributed by atoms with van der Waals surface area (Å²) >= 11 is 0. The summed E-state index contributed by atoms with van der Waals surface area (Å²) in [5.74, 6) is 3.56. The topological polar surface area (TPSA) is 22.3 Å². The summed E-state index contributed by atoms with van der Waals surface area (Å²) in [4.78, 5) is 0. The molecule has 1 nitrogen and oxygen atoms in total. The van der Waals surface area contributed by atoms with Crippen LogP contribution >= 0.6 is 0 Å². The second-order valence-electron chi connectivity index (χ2n) is 10.4. The van der Waals surface area contributed by atoms with Crippen molar-refractivity contribution in [2.24, 2.45) is 17.8 Å². The van der Waals surface area contributed by atoms with E-state index < -0.39 is 0 Å². The Kier molecular flexibility index (Phi) is 14.8. The summed E-state index contributed by atoms with van der Waals surface area (Å²) in [6.45, 7) is 30.4. The predicted molar refractivity (Wildman–Crippen MR) is 143 cm³/mol. The molecule has 2 rings (SSSR count). The molecule has 0 aliphatic carbocycles. The fourth-order valence-electron chi connectivity index (χ4n) is 5.60. The Morgan fingerprint density at radius 2 is 1.03 bits per heavy atom. The van der Waals surface area contributed by atoms with Crippen molar-refractivity contribution in [2.45, 2.75) is 107 Å². The van der Waals surface area contributed by atoms with Gasteiger partial charge in [0.1, 0.15) is 13.4 Å². The van der Waals surface area contributed by atoms with Crippen molar-refractivity contribution in [3.63, 3.8) is 0 Å². The van der Waals surface area contributed by atoms with Crippen LogP contribution in [0.3, 0.4) is 0 Å². The number of benzene rings is 1. The van der Waals surface area contributed by atoms with Gasteiger partial charge in [-0.2, -0.15) is 33.9 Å². The molecule has 1 aromatic rings. The van der Waals surface area contributed by atoms with Gasteiger partial charge in [0, 0.05) is 0 Å². The molecule has 170 valence electrons. The van der Waals surface area contributed by atoms with E-state index in [0.717, 1.165) is 17.8 Å². The van der Waals surface area contributed by atoms with Crippen LogP contribution in [0.15, 0.2) is 0 Å². The molecular formula is C27H48B2NY. The van der Waals surface area contributed by atoms with Crippen molar-refractivity contribution in [3.8, 4) is 0 Å². The number of hydrogen-bond donors (Lipinski definition) is 0. The Balaban J connectivity index is 0. The molecular weight excluding hydrogens is 449 g/mol. The van der Waals surface area contributed by atoms with Crippen molar-refractivity contribution in [1.82, 2.24) is 0 Å². The first-order valence-electron chi connectivity index (χ1n) is 11.7. The van der Waals surface area contributed by atoms with Crippen molar-refractivity contribution in [3.05, 3.63) is 46.7 Å². The van der Waals surface area contributed by atoms with Crippen LogP contribution in [-0.4, -0.2) is 19.1 Å². The fourth-order valence-corrected chi connectivity index (χ4v) is 5.60. The maximum absolute atomic E-state index is 10.1. The van der Waals surface area contributed by atoms with Crippen LogP contribution in [0.25, 0.3) is 5.41 Å². The minimum atomic E-state index is 0. The Labute approximate surface area is 222 Å². The van der Waals surface area contributed by atoms with E-state index in [4.69, 9.17) is 0 Å². The first kappa shape index (κ1) is 33.3. The summed E-state index contributed by atoms with van der Waals surface area (Å²) < 4.78 is 0. The van der Waals surface area contributed by atoms with E-state index in [2.05, 4.69) is 88.9 Å². The minimum absolute atomic E-state index is 0. The van der Waals surface area contributed by atoms with Gasteiger partial charge in [-0.1, -0.05) is 107 Å². The van der Waals surface area contributed by atoms with Crippen LogP contribution in [-0.2, 0) is 32.7 Å². The molecule has 0 bridgehead atoms. The van der Waals surface area contributed by atoms with Crippen LogP contribution in [0.4, 0.5) is 0 Å². The Morgan fingerprint density at radius 1 is 0.710 bits per heavy atom. The van der Waals surface area contributed by atoms with Crippen LogP contribution in [0.1, 0.15) is 69.4 Å². The van der Waals surface area contributed by atoms with Crippen molar-refractivity contribution in [2.75, 3.05) is 0 Å². The molecule has 0 aromatic heterocycles. The monoisotopic (exact) mass is 497 g/mol. The van der Waals surface area contributed by atoms with Crippen molar-refractivity contribution >= 4 is 19.1 Å². The van der Waals surface area contributed by atoms with Gasteiger partial charge < -0.3 is 12.8 Å². The second kappa shape index (κ2) is 13.7. The van der Waals surface area contributed by atoms with Gasteiger partial charge in [-0.05, 0) is 17.8 Å². The minimum Gasteiger partial charge on any atom is -0.812 e. The van der Waals surface area contributed by atoms with E-state index in [1.165, 1.54) is 27.8 Å². The van der Waals surface area contributed by atoms with E-state index in [1.807, 2.05) is 6.92 Å². The fraction of sp³-hybridized carbons (Fsp3) is 0.704. The van der Waals surface area contributed by atoms with E-state index >= 15 is 0 Å². The van der Waals surface area contributed by atoms with E-state index in [9.17, 15) is 5.41 Å². The largest absolute Gasteiger partial charge is 3.00 e. The molecule has 0 amide bonds. The maximum atomic E-state index is 10.1. The molecule has 4 unspecified atom stereocenters. The van der Waals surface area contributed by atoms with Gasteiger partial charge in [0.25, 0.3) is 0 Å². The SMILES string of the molecule is CB1C(C(C)=[N-])B(C)C(C)C(C)C(C)C(C)C1C.Cc1[c-]c(C)c(C)c(C)c1C.[CH3-].[Y+3]. The van der Waals surface area contributed by atoms with Crippen molar-refractivity contribution in [1.29, 1.82) is 0 Å². The summed E-state index contributed by atoms with van der Waals surface area (Å²) in [5.41, 5.74) is 7.74. The van der Waals surface area contributed by atoms with Gasteiger partial charge in [-0.25, -0.2) is 5.71 Å². The number of rotatable bonds is 1. The summed E-state index contributed by atoms with van der Waals surface area (Å²) in [7, 11) is 0. The Morgan fingerprint density at radius 3 is 1.32 bits per heavy atom. The molecule has 0 N–H and O–H groups in total. The van der Waals surface area contributed by atoms with Gasteiger partial charge in [-0.15, -0.1) is 0 Å². The average Bonchev–Trinajstić information content (AvgIpc) is 2.67. The van der Waals surface area contributed by atoms with E-state index in [-0.39, 0.29) is 40.1 Å². The molecule has 1 saturated heterocycles. The zero-order valence-electron chi connectivity index (χ0n) is 23.1. The number of nitrogens with zero attached hydrogens (tertiary/aromatic N) is 1. The Bertz CT molecular complexity index is 669. The third kappa shape index (κ3) is 7.56. The molecule has 1 aliphatic heterocycles. The number of aryl methyl sites for hydroxylation is 2. The second-order valence-corrected chi connectivity index (χ2v) is 10.4. The summed E-state index contributed by atoms with van der Waals surface area (Å²) in [6.07, 6.45) is 0. The summed E-state index contributed by atoms with van der Waals surface area (Å²) in [6, 6.07) is 3.35. The third-order valence-corrected chi connectivity index (χ3v) is 9.22. The molecule has 1 aromatic carbocycles. The van der Waals surface area contributed by atoms with Gasteiger partial charge in [0.05, 0.1) is 0 Å². The van der Waals surface area contributed by atoms with Gasteiger partial charge in [0.15, 0.2) is 0 Å². The first-order valence-corrected chi connectivity index (χ1v) is 11.7. The normalized spacial score (nSPS) is 28.3. The predicted octanol–water partition coefficient (Wildman–Crippen LogP) is 8.35. The Hall–Kier alpha value is 0.124. The zero-order chi connectivity index (χ0) is 22.8. The van der Waals surface area contributed by atoms with Gasteiger partial charge >= 0.3 is 32.7 Å². The van der Waals surface area contributed by atoms with Crippen LogP contribution in [0.5, 0.6) is 0 Å². The maximum Gasteiger partial charge on any atom is 3.00 e. The molecule has 0 spiro atoms. The third-order valence-electron chi connectivity index (χ3n) is 9.22. The smallest absolute Gasteiger partial charge is 0.812 e. The molecule has 0 saturated carbocycles. The van der Waals surface area contributed by atoms with Crippen LogP contribution in [0.2, 0.25) is 31.0 Å².